The van der Waals surface area contributed by atoms with E-state index in [1.165, 1.54) is 0 Å². The number of amides is 3. The highest BCUT2D eigenvalue weighted by molar-refractivity contribution is 6.00. The van der Waals surface area contributed by atoms with Gasteiger partial charge in [0.1, 0.15) is 5.82 Å². The molecule has 8 heteroatoms. The summed E-state index contributed by atoms with van der Waals surface area (Å²) in [5.41, 5.74) is 6.40. The third-order valence-corrected chi connectivity index (χ3v) is 8.19. The van der Waals surface area contributed by atoms with Crippen LogP contribution in [0.2, 0.25) is 0 Å². The van der Waals surface area contributed by atoms with Crippen LogP contribution in [0.5, 0.6) is 0 Å². The van der Waals surface area contributed by atoms with Crippen molar-refractivity contribution in [2.24, 2.45) is 5.92 Å². The average Bonchev–Trinajstić information content (AvgIpc) is 3.43. The van der Waals surface area contributed by atoms with Crippen LogP contribution in [0.3, 0.4) is 0 Å². The molecule has 1 aliphatic rings. The first-order valence-corrected chi connectivity index (χ1v) is 15.6. The lowest BCUT2D eigenvalue weighted by molar-refractivity contribution is 0.0690. The number of likely N-dealkylation sites (tertiary alicyclic amines) is 1. The summed E-state index contributed by atoms with van der Waals surface area (Å²) >= 11 is 0. The average molecular weight is 593 g/mol. The van der Waals surface area contributed by atoms with Crippen LogP contribution >= 0.6 is 0 Å². The monoisotopic (exact) mass is 592 g/mol. The lowest BCUT2D eigenvalue weighted by Gasteiger charge is -2.32. The smallest absolute Gasteiger partial charge is 0.324 e. The molecule has 3 amide bonds. The Morgan fingerprint density at radius 3 is 2.25 bits per heavy atom. The number of hydrogen-bond acceptors (Lipinski definition) is 4. The van der Waals surface area contributed by atoms with Gasteiger partial charge >= 0.3 is 6.03 Å². The molecule has 230 valence electrons. The molecule has 8 nitrogen and oxygen atoms in total. The van der Waals surface area contributed by atoms with E-state index < -0.39 is 0 Å². The number of piperidine rings is 1. The van der Waals surface area contributed by atoms with Crippen molar-refractivity contribution in [3.8, 4) is 5.69 Å². The molecule has 5 rings (SSSR count). The number of aromatic nitrogens is 2. The molecule has 3 aromatic carbocycles. The molecule has 44 heavy (non-hydrogen) atoms. The minimum Gasteiger partial charge on any atom is -0.385 e. The standard InChI is InChI=1S/C36H44N6O2/c1-6-37-29-15-13-27(14-16-29)34(43)41-21-19-26(20-22-41)23-28-9-7-8-10-31(28)38-35(44)39-33-24-32(36(3,4)5)40-42(33)30-17-11-25(2)12-18-30/h7-18,24,26,37H,6,19-23H2,1-5H3,(H2,38,39,44). The number of benzene rings is 3. The first kappa shape index (κ1) is 30.9. The van der Waals surface area contributed by atoms with Crippen molar-refractivity contribution in [3.63, 3.8) is 0 Å². The molecule has 1 saturated heterocycles. The fourth-order valence-corrected chi connectivity index (χ4v) is 5.58. The van der Waals surface area contributed by atoms with Gasteiger partial charge in [-0.25, -0.2) is 9.48 Å². The predicted molar refractivity (Wildman–Crippen MR) is 179 cm³/mol. The minimum absolute atomic E-state index is 0.0877. The molecule has 4 aromatic rings. The number of anilines is 3. The van der Waals surface area contributed by atoms with Gasteiger partial charge in [0.15, 0.2) is 0 Å². The van der Waals surface area contributed by atoms with E-state index in [0.717, 1.165) is 78.3 Å². The van der Waals surface area contributed by atoms with Crippen LogP contribution in [0.15, 0.2) is 78.9 Å². The largest absolute Gasteiger partial charge is 0.385 e. The van der Waals surface area contributed by atoms with Gasteiger partial charge < -0.3 is 15.5 Å². The fourth-order valence-electron chi connectivity index (χ4n) is 5.58. The van der Waals surface area contributed by atoms with E-state index in [1.54, 1.807) is 4.68 Å². The number of aryl methyl sites for hydroxylation is 1. The Labute approximate surface area is 260 Å². The second kappa shape index (κ2) is 13.4. The highest BCUT2D eigenvalue weighted by atomic mass is 16.2. The van der Waals surface area contributed by atoms with Gasteiger partial charge in [0.05, 0.1) is 11.4 Å². The van der Waals surface area contributed by atoms with Crippen molar-refractivity contribution in [1.29, 1.82) is 0 Å². The molecule has 0 spiro atoms. The molecule has 0 saturated carbocycles. The molecule has 1 fully saturated rings. The normalized spacial score (nSPS) is 13.9. The Morgan fingerprint density at radius 1 is 0.909 bits per heavy atom. The third kappa shape index (κ3) is 7.48. The van der Waals surface area contributed by atoms with Crippen molar-refractivity contribution in [3.05, 3.63) is 101 Å². The number of nitrogens with zero attached hydrogens (tertiary/aromatic N) is 3. The van der Waals surface area contributed by atoms with Crippen LogP contribution < -0.4 is 16.0 Å². The molecule has 1 aromatic heterocycles. The second-order valence-corrected chi connectivity index (χ2v) is 12.7. The summed E-state index contributed by atoms with van der Waals surface area (Å²) in [5.74, 6) is 1.13. The van der Waals surface area contributed by atoms with Gasteiger partial charge in [0, 0.05) is 48.1 Å². The van der Waals surface area contributed by atoms with E-state index in [4.69, 9.17) is 5.10 Å². The van der Waals surface area contributed by atoms with Crippen LogP contribution in [0.4, 0.5) is 22.0 Å². The maximum atomic E-state index is 13.3. The highest BCUT2D eigenvalue weighted by Gasteiger charge is 2.25. The highest BCUT2D eigenvalue weighted by Crippen LogP contribution is 2.29. The van der Waals surface area contributed by atoms with Gasteiger partial charge in [0.25, 0.3) is 5.91 Å². The number of carbonyl (C=O) groups is 2. The molecule has 0 atom stereocenters. The lowest BCUT2D eigenvalue weighted by Crippen LogP contribution is -2.39. The van der Waals surface area contributed by atoms with E-state index in [0.29, 0.717) is 11.7 Å². The Kier molecular flexibility index (Phi) is 9.37. The fraction of sp³-hybridized carbons (Fsp3) is 0.361. The van der Waals surface area contributed by atoms with Crippen LogP contribution in [-0.4, -0.2) is 46.3 Å². The Morgan fingerprint density at radius 2 is 1.59 bits per heavy atom. The second-order valence-electron chi connectivity index (χ2n) is 12.7. The van der Waals surface area contributed by atoms with E-state index in [-0.39, 0.29) is 17.4 Å². The molecule has 1 aliphatic heterocycles. The molecular weight excluding hydrogens is 548 g/mol. The maximum Gasteiger partial charge on any atom is 0.324 e. The van der Waals surface area contributed by atoms with Crippen molar-refractivity contribution in [2.45, 2.75) is 59.3 Å². The van der Waals surface area contributed by atoms with E-state index in [1.807, 2.05) is 84.6 Å². The molecule has 0 unspecified atom stereocenters. The number of nitrogens with one attached hydrogen (secondary N) is 3. The Bertz CT molecular complexity index is 1580. The zero-order valence-electron chi connectivity index (χ0n) is 26.5. The van der Waals surface area contributed by atoms with Gasteiger partial charge in [-0.05, 0) is 87.1 Å². The molecular formula is C36H44N6O2. The zero-order chi connectivity index (χ0) is 31.3. The zero-order valence-corrected chi connectivity index (χ0v) is 26.5. The summed E-state index contributed by atoms with van der Waals surface area (Å²) in [4.78, 5) is 28.4. The minimum atomic E-state index is -0.313. The number of hydrogen-bond donors (Lipinski definition) is 3. The van der Waals surface area contributed by atoms with Gasteiger partial charge in [0.2, 0.25) is 0 Å². The van der Waals surface area contributed by atoms with Gasteiger partial charge in [-0.3, -0.25) is 10.1 Å². The maximum absolute atomic E-state index is 13.3. The van der Waals surface area contributed by atoms with E-state index >= 15 is 0 Å². The van der Waals surface area contributed by atoms with Crippen LogP contribution in [0, 0.1) is 12.8 Å². The Balaban J connectivity index is 1.22. The molecule has 0 radical (unpaired) electrons. The van der Waals surface area contributed by atoms with Gasteiger partial charge in [-0.15, -0.1) is 0 Å². The van der Waals surface area contributed by atoms with Crippen LogP contribution in [-0.2, 0) is 11.8 Å². The summed E-state index contributed by atoms with van der Waals surface area (Å²) in [6.07, 6.45) is 2.69. The summed E-state index contributed by atoms with van der Waals surface area (Å²) in [6.45, 7) is 12.7. The van der Waals surface area contributed by atoms with Crippen molar-refractivity contribution in [2.75, 3.05) is 35.6 Å². The lowest BCUT2D eigenvalue weighted by atomic mass is 9.89. The number of rotatable bonds is 8. The summed E-state index contributed by atoms with van der Waals surface area (Å²) in [6, 6.07) is 25.4. The summed E-state index contributed by atoms with van der Waals surface area (Å²) in [5, 5.41) is 14.2. The quantitative estimate of drug-likeness (QED) is 0.196. The Hall–Kier alpha value is -4.59. The van der Waals surface area contributed by atoms with E-state index in [9.17, 15) is 9.59 Å². The predicted octanol–water partition coefficient (Wildman–Crippen LogP) is 7.65. The van der Waals surface area contributed by atoms with Crippen LogP contribution in [0.1, 0.15) is 67.7 Å². The third-order valence-electron chi connectivity index (χ3n) is 8.19. The number of carbonyl (C=O) groups excluding carboxylic acids is 2. The topological polar surface area (TPSA) is 91.3 Å². The SMILES string of the molecule is CCNc1ccc(C(=O)N2CCC(Cc3ccccc3NC(=O)Nc3cc(C(C)(C)C)nn3-c3ccc(C)cc3)CC2)cc1. The van der Waals surface area contributed by atoms with Gasteiger partial charge in [-0.2, -0.15) is 5.10 Å². The molecule has 3 N–H and O–H groups in total. The first-order valence-electron chi connectivity index (χ1n) is 15.6. The van der Waals surface area contributed by atoms with Crippen molar-refractivity contribution >= 4 is 29.1 Å². The number of para-hydroxylation sites is 1. The summed E-state index contributed by atoms with van der Waals surface area (Å²) < 4.78 is 1.79. The van der Waals surface area contributed by atoms with Crippen molar-refractivity contribution < 1.29 is 9.59 Å². The first-order chi connectivity index (χ1) is 21.1. The van der Waals surface area contributed by atoms with E-state index in [2.05, 4.69) is 49.7 Å². The number of urea groups is 1. The van der Waals surface area contributed by atoms with Gasteiger partial charge in [-0.1, -0.05) is 56.7 Å². The van der Waals surface area contributed by atoms with Crippen molar-refractivity contribution in [1.82, 2.24) is 14.7 Å². The molecule has 2 heterocycles. The molecule has 0 bridgehead atoms. The summed E-state index contributed by atoms with van der Waals surface area (Å²) in [7, 11) is 0. The molecule has 0 aliphatic carbocycles. The van der Waals surface area contributed by atoms with Crippen LogP contribution in [0.25, 0.3) is 5.69 Å².